The zero-order valence-electron chi connectivity index (χ0n) is 15.1. The van der Waals surface area contributed by atoms with E-state index in [0.717, 1.165) is 38.5 Å². The Morgan fingerprint density at radius 2 is 1.58 bits per heavy atom. The maximum Gasteiger partial charge on any atom is 0.221 e. The molecule has 0 bridgehead atoms. The van der Waals surface area contributed by atoms with Crippen molar-refractivity contribution in [1.82, 2.24) is 5.32 Å². The van der Waals surface area contributed by atoms with E-state index in [1.54, 1.807) is 0 Å². The molecule has 0 aromatic heterocycles. The lowest BCUT2D eigenvalue weighted by atomic mass is 9.70. The second kappa shape index (κ2) is 11.2. The second-order valence-electron chi connectivity index (χ2n) is 6.66. The molecule has 1 aromatic rings. The summed E-state index contributed by atoms with van der Waals surface area (Å²) >= 11 is 0. The van der Waals surface area contributed by atoms with Crippen molar-refractivity contribution in [2.24, 2.45) is 0 Å². The van der Waals surface area contributed by atoms with Crippen LogP contribution in [-0.4, -0.2) is 35.4 Å². The van der Waals surface area contributed by atoms with Gasteiger partial charge in [0, 0.05) is 11.8 Å². The van der Waals surface area contributed by atoms with E-state index in [2.05, 4.69) is 31.3 Å². The Bertz CT molecular complexity index is 449. The number of aliphatic hydroxyl groups is 2. The molecular formula is C20H33NO3. The van der Waals surface area contributed by atoms with Crippen molar-refractivity contribution in [3.63, 3.8) is 0 Å². The third-order valence-corrected chi connectivity index (χ3v) is 4.71. The van der Waals surface area contributed by atoms with E-state index < -0.39 is 6.04 Å². The smallest absolute Gasteiger partial charge is 0.221 e. The van der Waals surface area contributed by atoms with Crippen LogP contribution in [0.3, 0.4) is 0 Å². The topological polar surface area (TPSA) is 69.6 Å². The minimum absolute atomic E-state index is 0.0980. The van der Waals surface area contributed by atoms with E-state index >= 15 is 0 Å². The van der Waals surface area contributed by atoms with E-state index in [0.29, 0.717) is 6.42 Å². The van der Waals surface area contributed by atoms with Crippen molar-refractivity contribution >= 4 is 5.91 Å². The lowest BCUT2D eigenvalue weighted by Gasteiger charge is -2.35. The molecule has 0 saturated carbocycles. The number of hydrogen-bond donors (Lipinski definition) is 3. The molecule has 24 heavy (non-hydrogen) atoms. The molecule has 1 amide bonds. The summed E-state index contributed by atoms with van der Waals surface area (Å²) in [5.74, 6) is -0.0980. The SMILES string of the molecule is CCCCC(CCCC)(CC(=O)NC(CO)CO)c1ccccc1. The van der Waals surface area contributed by atoms with E-state index in [4.69, 9.17) is 0 Å². The van der Waals surface area contributed by atoms with Gasteiger partial charge in [0.15, 0.2) is 0 Å². The van der Waals surface area contributed by atoms with Gasteiger partial charge in [-0.05, 0) is 18.4 Å². The molecule has 0 unspecified atom stereocenters. The predicted octanol–water partition coefficient (Wildman–Crippen LogP) is 3.16. The van der Waals surface area contributed by atoms with Gasteiger partial charge in [-0.25, -0.2) is 0 Å². The quantitative estimate of drug-likeness (QED) is 0.549. The standard InChI is InChI=1S/C20H33NO3/c1-3-5-12-20(13-6-4-2,17-10-8-7-9-11-17)14-19(24)21-18(15-22)16-23/h7-11,18,22-23H,3-6,12-16H2,1-2H3,(H,21,24). The maximum absolute atomic E-state index is 12.6. The Balaban J connectivity index is 3.02. The predicted molar refractivity (Wildman–Crippen MR) is 97.9 cm³/mol. The van der Waals surface area contributed by atoms with Gasteiger partial charge in [0.1, 0.15) is 0 Å². The number of hydrogen-bond acceptors (Lipinski definition) is 3. The van der Waals surface area contributed by atoms with Crippen LogP contribution in [0.5, 0.6) is 0 Å². The molecule has 0 aliphatic heterocycles. The van der Waals surface area contributed by atoms with Gasteiger partial charge in [0.05, 0.1) is 19.3 Å². The highest BCUT2D eigenvalue weighted by Crippen LogP contribution is 2.38. The summed E-state index contributed by atoms with van der Waals surface area (Å²) in [6, 6.07) is 9.72. The molecule has 4 heteroatoms. The van der Waals surface area contributed by atoms with Crippen LogP contribution in [0.4, 0.5) is 0 Å². The minimum atomic E-state index is -0.580. The fourth-order valence-corrected chi connectivity index (χ4v) is 3.25. The zero-order chi connectivity index (χ0) is 17.8. The summed E-state index contributed by atoms with van der Waals surface area (Å²) in [5.41, 5.74) is 1.04. The van der Waals surface area contributed by atoms with E-state index in [1.165, 1.54) is 5.56 Å². The number of carbonyl (C=O) groups is 1. The average Bonchev–Trinajstić information content (AvgIpc) is 2.62. The van der Waals surface area contributed by atoms with Gasteiger partial charge >= 0.3 is 0 Å². The summed E-state index contributed by atoms with van der Waals surface area (Å²) in [6.07, 6.45) is 6.70. The van der Waals surface area contributed by atoms with Crippen molar-refractivity contribution in [2.45, 2.75) is 70.3 Å². The molecule has 3 N–H and O–H groups in total. The van der Waals surface area contributed by atoms with Gasteiger partial charge in [-0.3, -0.25) is 4.79 Å². The van der Waals surface area contributed by atoms with Crippen LogP contribution in [0.2, 0.25) is 0 Å². The number of benzene rings is 1. The molecule has 0 atom stereocenters. The summed E-state index contributed by atoms with van der Waals surface area (Å²) in [4.78, 5) is 12.6. The first-order valence-electron chi connectivity index (χ1n) is 9.18. The molecule has 0 fully saturated rings. The molecule has 0 heterocycles. The summed E-state index contributed by atoms with van der Waals surface area (Å²) in [5, 5.41) is 21.2. The first kappa shape index (κ1) is 20.7. The number of aliphatic hydroxyl groups excluding tert-OH is 2. The van der Waals surface area contributed by atoms with Crippen LogP contribution in [-0.2, 0) is 10.2 Å². The fraction of sp³-hybridized carbons (Fsp3) is 0.650. The van der Waals surface area contributed by atoms with E-state index in [-0.39, 0.29) is 24.5 Å². The van der Waals surface area contributed by atoms with Gasteiger partial charge in [-0.1, -0.05) is 69.9 Å². The van der Waals surface area contributed by atoms with E-state index in [9.17, 15) is 15.0 Å². The van der Waals surface area contributed by atoms with Crippen molar-refractivity contribution in [3.8, 4) is 0 Å². The normalized spacial score (nSPS) is 11.7. The Labute approximate surface area is 146 Å². The Morgan fingerprint density at radius 1 is 1.04 bits per heavy atom. The monoisotopic (exact) mass is 335 g/mol. The van der Waals surface area contributed by atoms with Crippen molar-refractivity contribution in [2.75, 3.05) is 13.2 Å². The van der Waals surface area contributed by atoms with E-state index in [1.807, 2.05) is 18.2 Å². The zero-order valence-corrected chi connectivity index (χ0v) is 15.1. The highest BCUT2D eigenvalue weighted by molar-refractivity contribution is 5.78. The summed E-state index contributed by atoms with van der Waals surface area (Å²) < 4.78 is 0. The Kier molecular flexibility index (Phi) is 9.65. The van der Waals surface area contributed by atoms with Crippen molar-refractivity contribution in [1.29, 1.82) is 0 Å². The number of amides is 1. The number of unbranched alkanes of at least 4 members (excludes halogenated alkanes) is 2. The van der Waals surface area contributed by atoms with Gasteiger partial charge < -0.3 is 15.5 Å². The number of carbonyl (C=O) groups excluding carboxylic acids is 1. The molecule has 0 aliphatic rings. The molecule has 0 spiro atoms. The largest absolute Gasteiger partial charge is 0.394 e. The molecule has 0 saturated heterocycles. The Morgan fingerprint density at radius 3 is 2.04 bits per heavy atom. The van der Waals surface area contributed by atoms with Crippen LogP contribution in [0.25, 0.3) is 0 Å². The van der Waals surface area contributed by atoms with Gasteiger partial charge in [0.2, 0.25) is 5.91 Å². The molecule has 1 aromatic carbocycles. The van der Waals surface area contributed by atoms with Crippen molar-refractivity contribution in [3.05, 3.63) is 35.9 Å². The summed E-state index contributed by atoms with van der Waals surface area (Å²) in [6.45, 7) is 3.85. The van der Waals surface area contributed by atoms with Crippen LogP contribution in [0.1, 0.15) is 64.4 Å². The Hall–Kier alpha value is -1.39. The second-order valence-corrected chi connectivity index (χ2v) is 6.66. The number of rotatable bonds is 12. The lowest BCUT2D eigenvalue weighted by Crippen LogP contribution is -2.43. The third-order valence-electron chi connectivity index (χ3n) is 4.71. The number of nitrogens with one attached hydrogen (secondary N) is 1. The first-order valence-corrected chi connectivity index (χ1v) is 9.18. The molecule has 1 rings (SSSR count). The van der Waals surface area contributed by atoms with Crippen molar-refractivity contribution < 1.29 is 15.0 Å². The first-order chi connectivity index (χ1) is 11.6. The third kappa shape index (κ3) is 6.25. The van der Waals surface area contributed by atoms with Gasteiger partial charge in [0.25, 0.3) is 0 Å². The average molecular weight is 335 g/mol. The van der Waals surface area contributed by atoms with Crippen LogP contribution in [0.15, 0.2) is 30.3 Å². The molecule has 136 valence electrons. The molecule has 0 aliphatic carbocycles. The van der Waals surface area contributed by atoms with Crippen LogP contribution in [0, 0.1) is 0 Å². The molecular weight excluding hydrogens is 302 g/mol. The van der Waals surface area contributed by atoms with Crippen LogP contribution < -0.4 is 5.32 Å². The maximum atomic E-state index is 12.6. The van der Waals surface area contributed by atoms with Crippen LogP contribution >= 0.6 is 0 Å². The summed E-state index contributed by atoms with van der Waals surface area (Å²) in [7, 11) is 0. The molecule has 0 radical (unpaired) electrons. The highest BCUT2D eigenvalue weighted by atomic mass is 16.3. The minimum Gasteiger partial charge on any atom is -0.394 e. The van der Waals surface area contributed by atoms with Gasteiger partial charge in [-0.2, -0.15) is 0 Å². The molecule has 4 nitrogen and oxygen atoms in total. The lowest BCUT2D eigenvalue weighted by molar-refractivity contribution is -0.124. The van der Waals surface area contributed by atoms with Gasteiger partial charge in [-0.15, -0.1) is 0 Å². The fourth-order valence-electron chi connectivity index (χ4n) is 3.25. The highest BCUT2D eigenvalue weighted by Gasteiger charge is 2.33.